The number of aliphatic carboxylic acids is 1. The summed E-state index contributed by atoms with van der Waals surface area (Å²) in [6, 6.07) is 1.79. The fourth-order valence-corrected chi connectivity index (χ4v) is 1.27. The SMILES string of the molecule is COc1cc(F)c(C(OC)C(=O)O)c(F)c1. The predicted octanol–water partition coefficient (Wildman–Crippen LogP) is 1.75. The van der Waals surface area contributed by atoms with Crippen LogP contribution in [-0.2, 0) is 9.53 Å². The molecule has 0 amide bonds. The van der Waals surface area contributed by atoms with E-state index in [0.29, 0.717) is 0 Å². The van der Waals surface area contributed by atoms with Gasteiger partial charge < -0.3 is 14.6 Å². The molecule has 0 bridgehead atoms. The number of benzene rings is 1. The van der Waals surface area contributed by atoms with Crippen molar-refractivity contribution < 1.29 is 28.2 Å². The van der Waals surface area contributed by atoms with Crippen molar-refractivity contribution in [3.8, 4) is 5.75 Å². The molecular weight excluding hydrogens is 222 g/mol. The summed E-state index contributed by atoms with van der Waals surface area (Å²) in [6.07, 6.45) is -1.68. The minimum Gasteiger partial charge on any atom is -0.497 e. The highest BCUT2D eigenvalue weighted by atomic mass is 19.1. The Hall–Kier alpha value is -1.69. The van der Waals surface area contributed by atoms with E-state index in [-0.39, 0.29) is 5.75 Å². The molecule has 0 spiro atoms. The zero-order valence-corrected chi connectivity index (χ0v) is 8.66. The molecule has 1 atom stereocenters. The average molecular weight is 232 g/mol. The van der Waals surface area contributed by atoms with Gasteiger partial charge in [-0.15, -0.1) is 0 Å². The molecule has 0 aromatic heterocycles. The van der Waals surface area contributed by atoms with Crippen LogP contribution in [0, 0.1) is 11.6 Å². The molecule has 0 fully saturated rings. The zero-order chi connectivity index (χ0) is 12.3. The Morgan fingerprint density at radius 1 is 1.31 bits per heavy atom. The highest BCUT2D eigenvalue weighted by Gasteiger charge is 2.27. The molecule has 88 valence electrons. The Morgan fingerprint density at radius 3 is 2.12 bits per heavy atom. The van der Waals surface area contributed by atoms with Crippen LogP contribution >= 0.6 is 0 Å². The molecule has 0 aliphatic heterocycles. The lowest BCUT2D eigenvalue weighted by atomic mass is 10.1. The van der Waals surface area contributed by atoms with E-state index in [1.807, 2.05) is 0 Å². The van der Waals surface area contributed by atoms with Crippen molar-refractivity contribution in [2.75, 3.05) is 14.2 Å². The number of methoxy groups -OCH3 is 2. The van der Waals surface area contributed by atoms with Crippen molar-refractivity contribution in [2.45, 2.75) is 6.10 Å². The number of rotatable bonds is 4. The van der Waals surface area contributed by atoms with Gasteiger partial charge in [0.05, 0.1) is 12.7 Å². The number of hydrogen-bond donors (Lipinski definition) is 1. The van der Waals surface area contributed by atoms with Gasteiger partial charge in [0.1, 0.15) is 17.4 Å². The van der Waals surface area contributed by atoms with Crippen LogP contribution in [0.2, 0.25) is 0 Å². The number of hydrogen-bond acceptors (Lipinski definition) is 3. The molecule has 0 heterocycles. The maximum Gasteiger partial charge on any atom is 0.337 e. The number of carbonyl (C=O) groups is 1. The molecule has 0 aliphatic carbocycles. The summed E-state index contributed by atoms with van der Waals surface area (Å²) in [5.41, 5.74) is -0.643. The number of halogens is 2. The number of carboxylic acid groups (broad SMARTS) is 1. The summed E-state index contributed by atoms with van der Waals surface area (Å²) >= 11 is 0. The number of ether oxygens (including phenoxy) is 2. The van der Waals surface area contributed by atoms with Gasteiger partial charge in [-0.25, -0.2) is 13.6 Å². The third-order valence-electron chi connectivity index (χ3n) is 2.01. The minimum atomic E-state index is -1.68. The lowest BCUT2D eigenvalue weighted by Crippen LogP contribution is -2.17. The summed E-state index contributed by atoms with van der Waals surface area (Å²) in [6.45, 7) is 0. The van der Waals surface area contributed by atoms with Crippen molar-refractivity contribution in [1.29, 1.82) is 0 Å². The van der Waals surface area contributed by atoms with Crippen molar-refractivity contribution in [2.24, 2.45) is 0 Å². The van der Waals surface area contributed by atoms with Gasteiger partial charge in [0.15, 0.2) is 6.10 Å². The second-order valence-corrected chi connectivity index (χ2v) is 2.96. The van der Waals surface area contributed by atoms with Crippen LogP contribution in [-0.4, -0.2) is 25.3 Å². The highest BCUT2D eigenvalue weighted by Crippen LogP contribution is 2.27. The molecule has 0 radical (unpaired) electrons. The summed E-state index contributed by atoms with van der Waals surface area (Å²) in [5, 5.41) is 8.71. The predicted molar refractivity (Wildman–Crippen MR) is 50.3 cm³/mol. The Labute approximate surface area is 90.4 Å². The van der Waals surface area contributed by atoms with Crippen LogP contribution in [0.5, 0.6) is 5.75 Å². The minimum absolute atomic E-state index is 0.0287. The van der Waals surface area contributed by atoms with E-state index in [1.165, 1.54) is 7.11 Å². The fourth-order valence-electron chi connectivity index (χ4n) is 1.27. The molecule has 4 nitrogen and oxygen atoms in total. The molecule has 0 saturated carbocycles. The topological polar surface area (TPSA) is 55.8 Å². The van der Waals surface area contributed by atoms with Gasteiger partial charge in [-0.1, -0.05) is 0 Å². The Morgan fingerprint density at radius 2 is 1.81 bits per heavy atom. The van der Waals surface area contributed by atoms with E-state index in [0.717, 1.165) is 19.2 Å². The highest BCUT2D eigenvalue weighted by molar-refractivity contribution is 5.74. The normalized spacial score (nSPS) is 12.2. The van der Waals surface area contributed by atoms with Crippen LogP contribution in [0.25, 0.3) is 0 Å². The third-order valence-corrected chi connectivity index (χ3v) is 2.01. The van der Waals surface area contributed by atoms with Crippen LogP contribution in [0.1, 0.15) is 11.7 Å². The first-order chi connectivity index (χ1) is 7.51. The van der Waals surface area contributed by atoms with Gasteiger partial charge >= 0.3 is 5.97 Å². The summed E-state index contributed by atoms with van der Waals surface area (Å²) in [5.74, 6) is -3.54. The molecule has 0 saturated heterocycles. The van der Waals surface area contributed by atoms with E-state index in [2.05, 4.69) is 9.47 Å². The van der Waals surface area contributed by atoms with Gasteiger partial charge in [-0.3, -0.25) is 0 Å². The second-order valence-electron chi connectivity index (χ2n) is 2.96. The molecule has 0 aliphatic rings. The Kier molecular flexibility index (Phi) is 3.78. The maximum absolute atomic E-state index is 13.4. The van der Waals surface area contributed by atoms with E-state index in [1.54, 1.807) is 0 Å². The quantitative estimate of drug-likeness (QED) is 0.859. The Balaban J connectivity index is 3.27. The molecular formula is C10H10F2O4. The maximum atomic E-state index is 13.4. The van der Waals surface area contributed by atoms with Gasteiger partial charge in [-0.05, 0) is 0 Å². The van der Waals surface area contributed by atoms with Gasteiger partial charge in [0.2, 0.25) is 0 Å². The molecule has 16 heavy (non-hydrogen) atoms. The van der Waals surface area contributed by atoms with Crippen molar-refractivity contribution >= 4 is 5.97 Å². The first-order valence-electron chi connectivity index (χ1n) is 4.29. The van der Waals surface area contributed by atoms with Crippen LogP contribution in [0.15, 0.2) is 12.1 Å². The Bertz CT molecular complexity index is 383. The van der Waals surface area contributed by atoms with E-state index >= 15 is 0 Å². The first kappa shape index (κ1) is 12.4. The lowest BCUT2D eigenvalue weighted by molar-refractivity contribution is -0.149. The van der Waals surface area contributed by atoms with Gasteiger partial charge in [0.25, 0.3) is 0 Å². The molecule has 1 N–H and O–H groups in total. The average Bonchev–Trinajstić information content (AvgIpc) is 2.22. The largest absolute Gasteiger partial charge is 0.497 e. The third kappa shape index (κ3) is 2.27. The molecule has 6 heteroatoms. The monoisotopic (exact) mass is 232 g/mol. The molecule has 1 unspecified atom stereocenters. The first-order valence-corrected chi connectivity index (χ1v) is 4.29. The van der Waals surface area contributed by atoms with Crippen LogP contribution in [0.4, 0.5) is 8.78 Å². The van der Waals surface area contributed by atoms with Crippen molar-refractivity contribution in [1.82, 2.24) is 0 Å². The second kappa shape index (κ2) is 4.89. The van der Waals surface area contributed by atoms with Crippen molar-refractivity contribution in [3.63, 3.8) is 0 Å². The summed E-state index contributed by atoms with van der Waals surface area (Å²) in [7, 11) is 2.31. The summed E-state index contributed by atoms with van der Waals surface area (Å²) < 4.78 is 36.0. The standard InChI is InChI=1S/C10H10F2O4/c1-15-5-3-6(11)8(7(12)4-5)9(16-2)10(13)14/h3-4,9H,1-2H3,(H,13,14). The lowest BCUT2D eigenvalue weighted by Gasteiger charge is -2.13. The van der Waals surface area contributed by atoms with Crippen LogP contribution < -0.4 is 4.74 Å². The van der Waals surface area contributed by atoms with Gasteiger partial charge in [-0.2, -0.15) is 0 Å². The van der Waals surface area contributed by atoms with Gasteiger partial charge in [0, 0.05) is 19.2 Å². The summed E-state index contributed by atoms with van der Waals surface area (Å²) in [4.78, 5) is 10.7. The molecule has 1 rings (SSSR count). The zero-order valence-electron chi connectivity index (χ0n) is 8.66. The van der Waals surface area contributed by atoms with E-state index in [9.17, 15) is 13.6 Å². The smallest absolute Gasteiger partial charge is 0.337 e. The molecule has 1 aromatic carbocycles. The molecule has 1 aromatic rings. The van der Waals surface area contributed by atoms with Crippen LogP contribution in [0.3, 0.4) is 0 Å². The van der Waals surface area contributed by atoms with E-state index < -0.39 is 29.3 Å². The van der Waals surface area contributed by atoms with E-state index in [4.69, 9.17) is 5.11 Å². The number of carboxylic acids is 1. The fraction of sp³-hybridized carbons (Fsp3) is 0.300. The van der Waals surface area contributed by atoms with Crippen molar-refractivity contribution in [3.05, 3.63) is 29.3 Å².